The lowest BCUT2D eigenvalue weighted by Crippen LogP contribution is -2.52. The second-order valence-electron chi connectivity index (χ2n) is 7.71. The Balaban J connectivity index is 0.00000363. The van der Waals surface area contributed by atoms with Crippen molar-refractivity contribution in [2.24, 2.45) is 4.99 Å². The van der Waals surface area contributed by atoms with E-state index in [2.05, 4.69) is 49.5 Å². The fraction of sp³-hybridized carbons (Fsp3) is 0.500. The van der Waals surface area contributed by atoms with E-state index in [1.807, 2.05) is 19.1 Å². The molecule has 1 N–H and O–H groups in total. The van der Waals surface area contributed by atoms with Gasteiger partial charge >= 0.3 is 0 Å². The fourth-order valence-corrected chi connectivity index (χ4v) is 4.03. The molecular weight excluding hydrogens is 539 g/mol. The number of nitrogens with one attached hydrogen (secondary N) is 1. The molecule has 1 saturated heterocycles. The number of thioether (sulfide) groups is 1. The van der Waals surface area contributed by atoms with E-state index in [1.54, 1.807) is 30.8 Å². The zero-order valence-corrected chi connectivity index (χ0v) is 22.1. The van der Waals surface area contributed by atoms with E-state index in [4.69, 9.17) is 4.52 Å². The second kappa shape index (κ2) is 13.7. The first-order valence-electron chi connectivity index (χ1n) is 10.6. The molecule has 0 spiro atoms. The molecule has 10 heteroatoms. The third-order valence-electron chi connectivity index (χ3n) is 4.99. The number of piperazine rings is 1. The summed E-state index contributed by atoms with van der Waals surface area (Å²) < 4.78 is 5.17. The third kappa shape index (κ3) is 8.62. The van der Waals surface area contributed by atoms with Gasteiger partial charge in [0, 0.05) is 70.1 Å². The molecule has 1 aromatic heterocycles. The first kappa shape index (κ1) is 26.5. The molecule has 1 aromatic carbocycles. The number of aliphatic imine (C=N–C) groups is 1. The quantitative estimate of drug-likeness (QED) is 0.171. The molecular formula is C22H33IN6O2S. The standard InChI is InChI=1S/C22H32N6O2S.HI/c1-18-15-19(25-30-18)17-27-10-12-28(13-11-27)22(24-16-21(29)26(2)3)23-9-14-31-20-7-5-4-6-8-20;/h4-8,15H,9-14,16-17H2,1-3H3,(H,23,24);1H. The van der Waals surface area contributed by atoms with Crippen molar-refractivity contribution in [3.8, 4) is 0 Å². The van der Waals surface area contributed by atoms with E-state index < -0.39 is 0 Å². The van der Waals surface area contributed by atoms with Crippen molar-refractivity contribution in [3.63, 3.8) is 0 Å². The van der Waals surface area contributed by atoms with E-state index >= 15 is 0 Å². The molecule has 0 radical (unpaired) electrons. The molecule has 0 atom stereocenters. The van der Waals surface area contributed by atoms with Crippen molar-refractivity contribution < 1.29 is 9.32 Å². The molecule has 1 fully saturated rings. The van der Waals surface area contributed by atoms with Crippen LogP contribution in [0.25, 0.3) is 0 Å². The average Bonchev–Trinajstić information content (AvgIpc) is 3.18. The van der Waals surface area contributed by atoms with E-state index in [9.17, 15) is 4.79 Å². The van der Waals surface area contributed by atoms with Gasteiger partial charge in [-0.15, -0.1) is 35.7 Å². The largest absolute Gasteiger partial charge is 0.361 e. The van der Waals surface area contributed by atoms with Crippen LogP contribution in [0.5, 0.6) is 0 Å². The normalized spacial score (nSPS) is 14.7. The van der Waals surface area contributed by atoms with Crippen molar-refractivity contribution in [2.45, 2.75) is 18.4 Å². The molecule has 2 aromatic rings. The minimum atomic E-state index is -0.00185. The SMILES string of the molecule is Cc1cc(CN2CCN(C(=NCC(=O)N(C)C)NCCSc3ccccc3)CC2)no1.I. The molecule has 0 saturated carbocycles. The van der Waals surface area contributed by atoms with Gasteiger partial charge in [-0.3, -0.25) is 9.69 Å². The molecule has 1 aliphatic heterocycles. The van der Waals surface area contributed by atoms with Crippen molar-refractivity contribution in [2.75, 3.05) is 59.1 Å². The summed E-state index contributed by atoms with van der Waals surface area (Å²) in [6.07, 6.45) is 0. The number of nitrogens with zero attached hydrogens (tertiary/aromatic N) is 5. The van der Waals surface area contributed by atoms with Crippen LogP contribution in [0.4, 0.5) is 0 Å². The van der Waals surface area contributed by atoms with Crippen molar-refractivity contribution in [1.29, 1.82) is 0 Å². The molecule has 176 valence electrons. The summed E-state index contributed by atoms with van der Waals surface area (Å²) >= 11 is 1.81. The topological polar surface area (TPSA) is 77.2 Å². The van der Waals surface area contributed by atoms with Gasteiger partial charge in [-0.2, -0.15) is 0 Å². The summed E-state index contributed by atoms with van der Waals surface area (Å²) in [7, 11) is 3.51. The maximum atomic E-state index is 12.0. The van der Waals surface area contributed by atoms with Gasteiger partial charge in [-0.05, 0) is 19.1 Å². The lowest BCUT2D eigenvalue weighted by molar-refractivity contribution is -0.127. The van der Waals surface area contributed by atoms with Gasteiger partial charge in [0.15, 0.2) is 5.96 Å². The minimum Gasteiger partial charge on any atom is -0.361 e. The summed E-state index contributed by atoms with van der Waals surface area (Å²) in [6, 6.07) is 12.3. The van der Waals surface area contributed by atoms with Crippen LogP contribution in [0.2, 0.25) is 0 Å². The smallest absolute Gasteiger partial charge is 0.243 e. The Morgan fingerprint density at radius 3 is 2.56 bits per heavy atom. The van der Waals surface area contributed by atoms with Crippen molar-refractivity contribution in [3.05, 3.63) is 47.9 Å². The van der Waals surface area contributed by atoms with Gasteiger partial charge in [0.1, 0.15) is 12.3 Å². The number of aromatic nitrogens is 1. The number of benzene rings is 1. The predicted octanol–water partition coefficient (Wildman–Crippen LogP) is 2.54. The zero-order chi connectivity index (χ0) is 22.1. The lowest BCUT2D eigenvalue weighted by Gasteiger charge is -2.36. The van der Waals surface area contributed by atoms with E-state index in [-0.39, 0.29) is 36.4 Å². The van der Waals surface area contributed by atoms with E-state index in [1.165, 1.54) is 4.90 Å². The van der Waals surface area contributed by atoms with Crippen LogP contribution < -0.4 is 5.32 Å². The van der Waals surface area contributed by atoms with Crippen molar-refractivity contribution >= 4 is 47.6 Å². The Morgan fingerprint density at radius 2 is 1.94 bits per heavy atom. The summed E-state index contributed by atoms with van der Waals surface area (Å²) in [4.78, 5) is 24.1. The van der Waals surface area contributed by atoms with Gasteiger partial charge in [0.25, 0.3) is 0 Å². The van der Waals surface area contributed by atoms with Crippen LogP contribution >= 0.6 is 35.7 Å². The zero-order valence-electron chi connectivity index (χ0n) is 19.0. The average molecular weight is 573 g/mol. The number of likely N-dealkylation sites (N-methyl/N-ethyl adjacent to an activating group) is 1. The number of amides is 1. The summed E-state index contributed by atoms with van der Waals surface area (Å²) in [6.45, 7) is 7.16. The highest BCUT2D eigenvalue weighted by atomic mass is 127. The van der Waals surface area contributed by atoms with Gasteiger partial charge in [-0.1, -0.05) is 23.4 Å². The first-order valence-corrected chi connectivity index (χ1v) is 11.6. The molecule has 32 heavy (non-hydrogen) atoms. The van der Waals surface area contributed by atoms with Crippen LogP contribution in [-0.4, -0.2) is 90.8 Å². The number of rotatable bonds is 8. The molecule has 1 aliphatic rings. The predicted molar refractivity (Wildman–Crippen MR) is 140 cm³/mol. The maximum absolute atomic E-state index is 12.0. The minimum absolute atomic E-state index is 0. The van der Waals surface area contributed by atoms with Crippen molar-refractivity contribution in [1.82, 2.24) is 25.2 Å². The number of carbonyl (C=O) groups is 1. The van der Waals surface area contributed by atoms with Crippen LogP contribution in [0.15, 0.2) is 50.8 Å². The van der Waals surface area contributed by atoms with E-state index in [0.717, 1.165) is 62.4 Å². The second-order valence-corrected chi connectivity index (χ2v) is 8.88. The summed E-state index contributed by atoms with van der Waals surface area (Å²) in [5, 5.41) is 7.55. The van der Waals surface area contributed by atoms with Gasteiger partial charge in [0.05, 0.1) is 5.69 Å². The molecule has 1 amide bonds. The van der Waals surface area contributed by atoms with Crippen LogP contribution in [0.1, 0.15) is 11.5 Å². The van der Waals surface area contributed by atoms with Gasteiger partial charge in [0.2, 0.25) is 5.91 Å². The molecule has 0 unspecified atom stereocenters. The first-order chi connectivity index (χ1) is 15.0. The van der Waals surface area contributed by atoms with E-state index in [0.29, 0.717) is 0 Å². The van der Waals surface area contributed by atoms with Crippen LogP contribution in [0, 0.1) is 6.92 Å². The number of carbonyl (C=O) groups excluding carboxylic acids is 1. The highest BCUT2D eigenvalue weighted by Crippen LogP contribution is 2.16. The van der Waals surface area contributed by atoms with Crippen LogP contribution in [-0.2, 0) is 11.3 Å². The number of guanidine groups is 1. The molecule has 0 bridgehead atoms. The lowest BCUT2D eigenvalue weighted by atomic mass is 10.3. The Labute approximate surface area is 211 Å². The molecule has 0 aliphatic carbocycles. The number of aryl methyl sites for hydroxylation is 1. The number of hydrogen-bond acceptors (Lipinski definition) is 6. The Hall–Kier alpha value is -1.79. The van der Waals surface area contributed by atoms with Crippen LogP contribution in [0.3, 0.4) is 0 Å². The molecule has 3 rings (SSSR count). The highest BCUT2D eigenvalue weighted by molar-refractivity contribution is 14.0. The summed E-state index contributed by atoms with van der Waals surface area (Å²) in [5.41, 5.74) is 0.965. The highest BCUT2D eigenvalue weighted by Gasteiger charge is 2.21. The third-order valence-corrected chi connectivity index (χ3v) is 6.01. The Bertz CT molecular complexity index is 853. The monoisotopic (exact) mass is 572 g/mol. The summed E-state index contributed by atoms with van der Waals surface area (Å²) in [5.74, 6) is 2.57. The number of hydrogen-bond donors (Lipinski definition) is 1. The van der Waals surface area contributed by atoms with Gasteiger partial charge in [-0.25, -0.2) is 4.99 Å². The maximum Gasteiger partial charge on any atom is 0.243 e. The Kier molecular flexibility index (Phi) is 11.3. The molecule has 2 heterocycles. The van der Waals surface area contributed by atoms with Gasteiger partial charge < -0.3 is 19.6 Å². The molecule has 8 nitrogen and oxygen atoms in total. The number of halogens is 1. The Morgan fingerprint density at radius 1 is 1.22 bits per heavy atom. The fourth-order valence-electron chi connectivity index (χ4n) is 3.24.